The van der Waals surface area contributed by atoms with Crippen LogP contribution in [-0.4, -0.2) is 47.1 Å². The van der Waals surface area contributed by atoms with Crippen LogP contribution in [0.1, 0.15) is 21.5 Å². The van der Waals surface area contributed by atoms with Crippen LogP contribution in [0.5, 0.6) is 0 Å². The fraction of sp³-hybridized carbons (Fsp3) is 0.227. The molecule has 7 nitrogen and oxygen atoms in total. The maximum atomic E-state index is 13.2. The van der Waals surface area contributed by atoms with E-state index >= 15 is 0 Å². The molecule has 0 spiro atoms. The van der Waals surface area contributed by atoms with Crippen molar-refractivity contribution in [1.29, 1.82) is 0 Å². The molecule has 1 saturated heterocycles. The number of fused-ring (bicyclic) bond motifs is 3. The molecule has 0 bridgehead atoms. The number of ether oxygens (including phenoxy) is 1. The molecule has 2 aromatic carbocycles. The summed E-state index contributed by atoms with van der Waals surface area (Å²) >= 11 is 0. The molecule has 5 rings (SSSR count). The molecule has 3 aromatic rings. The zero-order chi connectivity index (χ0) is 19.8. The molecule has 29 heavy (non-hydrogen) atoms. The van der Waals surface area contributed by atoms with Gasteiger partial charge in [-0.3, -0.25) is 10.2 Å². The fourth-order valence-electron chi connectivity index (χ4n) is 3.85. The van der Waals surface area contributed by atoms with Crippen LogP contribution in [0.4, 0.5) is 5.95 Å². The number of nitrogen functional groups attached to an aromatic ring is 1. The molecular weight excluding hydrogens is 366 g/mol. The van der Waals surface area contributed by atoms with Crippen molar-refractivity contribution in [3.8, 4) is 22.5 Å². The molecule has 1 aliphatic heterocycles. The number of hydrogen-bond acceptors (Lipinski definition) is 7. The maximum Gasteiger partial charge on any atom is 0.221 e. The third-order valence-electron chi connectivity index (χ3n) is 5.30. The number of hydrogen-bond donors (Lipinski definition) is 2. The molecular formula is C22H21N5O2. The van der Waals surface area contributed by atoms with E-state index in [9.17, 15) is 4.79 Å². The Morgan fingerprint density at radius 2 is 1.76 bits per heavy atom. The first-order valence-electron chi connectivity index (χ1n) is 9.68. The normalized spacial score (nSPS) is 15.9. The summed E-state index contributed by atoms with van der Waals surface area (Å²) in [5.74, 6) is 0.113. The number of rotatable bonds is 4. The van der Waals surface area contributed by atoms with E-state index in [0.717, 1.165) is 43.0 Å². The highest BCUT2D eigenvalue weighted by atomic mass is 16.5. The van der Waals surface area contributed by atoms with E-state index in [1.165, 1.54) is 0 Å². The minimum absolute atomic E-state index is 0.0541. The van der Waals surface area contributed by atoms with Gasteiger partial charge in [0.1, 0.15) is 0 Å². The Bertz CT molecular complexity index is 1080. The smallest absolute Gasteiger partial charge is 0.221 e. The number of nitrogens with two attached hydrogens (primary N) is 1. The van der Waals surface area contributed by atoms with E-state index in [4.69, 9.17) is 10.5 Å². The third kappa shape index (κ3) is 3.29. The van der Waals surface area contributed by atoms with Gasteiger partial charge in [-0.1, -0.05) is 42.5 Å². The lowest BCUT2D eigenvalue weighted by molar-refractivity contribution is 0.0106. The van der Waals surface area contributed by atoms with Crippen molar-refractivity contribution in [2.75, 3.05) is 32.0 Å². The SMILES string of the molecule is Nc1nc(-c2ccccc2)c2c(n1)-c1cc(CNN3CCOCC3)ccc1C2=O. The Hall–Kier alpha value is -3.13. The second-order valence-electron chi connectivity index (χ2n) is 7.16. The van der Waals surface area contributed by atoms with Gasteiger partial charge in [-0.2, -0.15) is 0 Å². The molecule has 1 aromatic heterocycles. The quantitative estimate of drug-likeness (QED) is 0.555. The molecule has 3 N–H and O–H groups in total. The van der Waals surface area contributed by atoms with Crippen LogP contribution in [0.3, 0.4) is 0 Å². The average molecular weight is 387 g/mol. The number of benzene rings is 2. The summed E-state index contributed by atoms with van der Waals surface area (Å²) in [6.07, 6.45) is 0. The molecule has 1 aliphatic carbocycles. The molecule has 0 amide bonds. The van der Waals surface area contributed by atoms with Gasteiger partial charge in [-0.15, -0.1) is 0 Å². The number of morpholine rings is 1. The topological polar surface area (TPSA) is 93.4 Å². The van der Waals surface area contributed by atoms with Crippen LogP contribution >= 0.6 is 0 Å². The summed E-state index contributed by atoms with van der Waals surface area (Å²) in [5, 5.41) is 2.16. The zero-order valence-corrected chi connectivity index (χ0v) is 15.9. The lowest BCUT2D eigenvalue weighted by Gasteiger charge is -2.27. The Balaban J connectivity index is 1.51. The summed E-state index contributed by atoms with van der Waals surface area (Å²) in [6.45, 7) is 3.85. The van der Waals surface area contributed by atoms with Gasteiger partial charge in [0.2, 0.25) is 5.95 Å². The average Bonchev–Trinajstić information content (AvgIpc) is 3.04. The maximum absolute atomic E-state index is 13.2. The van der Waals surface area contributed by atoms with E-state index < -0.39 is 0 Å². The van der Waals surface area contributed by atoms with E-state index in [-0.39, 0.29) is 11.7 Å². The van der Waals surface area contributed by atoms with Gasteiger partial charge in [-0.25, -0.2) is 15.0 Å². The molecule has 2 heterocycles. The van der Waals surface area contributed by atoms with Gasteiger partial charge in [0.25, 0.3) is 0 Å². The standard InChI is InChI=1S/C22H21N5O2/c23-22-25-19(15-4-2-1-3-5-15)18-20(26-22)17-12-14(6-7-16(17)21(18)28)13-24-27-8-10-29-11-9-27/h1-7,12,24H,8-11,13H2,(H2,23,25,26). The third-order valence-corrected chi connectivity index (χ3v) is 5.30. The van der Waals surface area contributed by atoms with E-state index in [0.29, 0.717) is 29.1 Å². The van der Waals surface area contributed by atoms with Gasteiger partial charge in [0.05, 0.1) is 30.2 Å². The number of nitrogens with zero attached hydrogens (tertiary/aromatic N) is 3. The van der Waals surface area contributed by atoms with Crippen molar-refractivity contribution in [2.45, 2.75) is 6.54 Å². The molecule has 0 atom stereocenters. The molecule has 2 aliphatic rings. The Labute approximate surface area is 168 Å². The van der Waals surface area contributed by atoms with Crippen molar-refractivity contribution in [3.63, 3.8) is 0 Å². The number of nitrogens with one attached hydrogen (secondary N) is 1. The first kappa shape index (κ1) is 17.9. The number of anilines is 1. The van der Waals surface area contributed by atoms with Gasteiger partial charge in [-0.05, 0) is 11.6 Å². The largest absolute Gasteiger partial charge is 0.379 e. The highest BCUT2D eigenvalue weighted by Gasteiger charge is 2.32. The van der Waals surface area contributed by atoms with Crippen LogP contribution < -0.4 is 11.2 Å². The van der Waals surface area contributed by atoms with Crippen LogP contribution in [0, 0.1) is 0 Å². The van der Waals surface area contributed by atoms with Crippen molar-refractivity contribution in [3.05, 3.63) is 65.2 Å². The molecule has 0 radical (unpaired) electrons. The van der Waals surface area contributed by atoms with Crippen LogP contribution in [0.15, 0.2) is 48.5 Å². The minimum atomic E-state index is -0.0541. The molecule has 0 saturated carbocycles. The summed E-state index contributed by atoms with van der Waals surface area (Å²) in [4.78, 5) is 22.0. The number of carbonyl (C=O) groups is 1. The highest BCUT2D eigenvalue weighted by Crippen LogP contribution is 2.40. The highest BCUT2D eigenvalue weighted by molar-refractivity contribution is 6.23. The van der Waals surface area contributed by atoms with Gasteiger partial charge in [0.15, 0.2) is 5.78 Å². The minimum Gasteiger partial charge on any atom is -0.379 e. The van der Waals surface area contributed by atoms with Crippen molar-refractivity contribution < 1.29 is 9.53 Å². The van der Waals surface area contributed by atoms with Gasteiger partial charge >= 0.3 is 0 Å². The molecule has 146 valence electrons. The second-order valence-corrected chi connectivity index (χ2v) is 7.16. The molecule has 0 unspecified atom stereocenters. The zero-order valence-electron chi connectivity index (χ0n) is 15.9. The van der Waals surface area contributed by atoms with Crippen LogP contribution in [-0.2, 0) is 11.3 Å². The monoisotopic (exact) mass is 387 g/mol. The molecule has 1 fully saturated rings. The van der Waals surface area contributed by atoms with Crippen LogP contribution in [0.25, 0.3) is 22.5 Å². The van der Waals surface area contributed by atoms with Crippen molar-refractivity contribution >= 4 is 11.7 Å². The Morgan fingerprint density at radius 3 is 2.55 bits per heavy atom. The first-order chi connectivity index (χ1) is 14.2. The lowest BCUT2D eigenvalue weighted by atomic mass is 10.0. The van der Waals surface area contributed by atoms with E-state index in [2.05, 4.69) is 20.4 Å². The number of ketones is 1. The first-order valence-corrected chi connectivity index (χ1v) is 9.68. The number of aromatic nitrogens is 2. The van der Waals surface area contributed by atoms with Gasteiger partial charge < -0.3 is 10.5 Å². The van der Waals surface area contributed by atoms with E-state index in [1.807, 2.05) is 48.5 Å². The Kier molecular flexibility index (Phi) is 4.55. The lowest BCUT2D eigenvalue weighted by Crippen LogP contribution is -2.45. The summed E-state index contributed by atoms with van der Waals surface area (Å²) in [7, 11) is 0. The van der Waals surface area contributed by atoms with Crippen LogP contribution in [0.2, 0.25) is 0 Å². The summed E-state index contributed by atoms with van der Waals surface area (Å²) in [5.41, 5.74) is 14.5. The van der Waals surface area contributed by atoms with Gasteiger partial charge in [0, 0.05) is 36.3 Å². The number of carbonyl (C=O) groups excluding carboxylic acids is 1. The summed E-state index contributed by atoms with van der Waals surface area (Å²) in [6, 6.07) is 15.5. The summed E-state index contributed by atoms with van der Waals surface area (Å²) < 4.78 is 5.38. The number of hydrazine groups is 1. The Morgan fingerprint density at radius 1 is 1.00 bits per heavy atom. The fourth-order valence-corrected chi connectivity index (χ4v) is 3.85. The van der Waals surface area contributed by atoms with E-state index in [1.54, 1.807) is 0 Å². The van der Waals surface area contributed by atoms with Crippen molar-refractivity contribution in [1.82, 2.24) is 20.4 Å². The van der Waals surface area contributed by atoms with Crippen molar-refractivity contribution in [2.24, 2.45) is 0 Å². The predicted molar refractivity (Wildman–Crippen MR) is 110 cm³/mol. The second kappa shape index (κ2) is 7.36. The predicted octanol–water partition coefficient (Wildman–Crippen LogP) is 2.27. The molecule has 7 heteroatoms.